The summed E-state index contributed by atoms with van der Waals surface area (Å²) in [4.78, 5) is 36.2. The molecule has 2 rings (SSSR count). The monoisotopic (exact) mass is 403 g/mol. The molecule has 0 unspecified atom stereocenters. The van der Waals surface area contributed by atoms with Crippen molar-refractivity contribution in [2.45, 2.75) is 26.4 Å². The van der Waals surface area contributed by atoms with Crippen LogP contribution in [0.5, 0.6) is 5.75 Å². The van der Waals surface area contributed by atoms with E-state index in [4.69, 9.17) is 21.1 Å². The van der Waals surface area contributed by atoms with Gasteiger partial charge in [0.25, 0.3) is 5.91 Å². The summed E-state index contributed by atoms with van der Waals surface area (Å²) in [6.45, 7) is 4.03. The van der Waals surface area contributed by atoms with Crippen LogP contribution in [-0.4, -0.2) is 36.9 Å². The zero-order valence-corrected chi connectivity index (χ0v) is 16.5. The fraction of sp³-hybridized carbons (Fsp3) is 0.286. The molecule has 0 saturated heterocycles. The second-order valence-corrected chi connectivity index (χ2v) is 6.40. The number of esters is 1. The van der Waals surface area contributed by atoms with E-state index in [-0.39, 0.29) is 24.7 Å². The molecule has 0 heterocycles. The minimum absolute atomic E-state index is 0.0414. The van der Waals surface area contributed by atoms with Gasteiger partial charge in [-0.25, -0.2) is 0 Å². The maximum absolute atomic E-state index is 12.3. The standard InChI is InChI=1S/C21H22ClNO5/c1-3-27-18-10-6-15(7-11-18)20(25)14(2)28-19(24)12-13-23-21(26)16-4-8-17(22)9-5-16/h4-11,14H,3,12-13H2,1-2H3,(H,23,26)/t14-/m0/s1. The molecule has 1 atom stereocenters. The second-order valence-electron chi connectivity index (χ2n) is 5.97. The van der Waals surface area contributed by atoms with Crippen LogP contribution >= 0.6 is 11.6 Å². The molecule has 28 heavy (non-hydrogen) atoms. The summed E-state index contributed by atoms with van der Waals surface area (Å²) < 4.78 is 10.5. The number of ether oxygens (including phenoxy) is 2. The van der Waals surface area contributed by atoms with Crippen LogP contribution in [0.4, 0.5) is 0 Å². The lowest BCUT2D eigenvalue weighted by Crippen LogP contribution is -2.29. The Bertz CT molecular complexity index is 818. The van der Waals surface area contributed by atoms with E-state index in [1.165, 1.54) is 6.92 Å². The van der Waals surface area contributed by atoms with Gasteiger partial charge in [-0.1, -0.05) is 11.6 Å². The summed E-state index contributed by atoms with van der Waals surface area (Å²) in [5.41, 5.74) is 0.872. The number of carbonyl (C=O) groups is 3. The molecule has 0 aliphatic rings. The molecule has 148 valence electrons. The fourth-order valence-corrected chi connectivity index (χ4v) is 2.53. The van der Waals surface area contributed by atoms with Crippen molar-refractivity contribution in [3.8, 4) is 5.75 Å². The molecule has 2 aromatic carbocycles. The van der Waals surface area contributed by atoms with Crippen molar-refractivity contribution in [1.29, 1.82) is 0 Å². The van der Waals surface area contributed by atoms with Crippen LogP contribution in [0.3, 0.4) is 0 Å². The van der Waals surface area contributed by atoms with E-state index in [9.17, 15) is 14.4 Å². The Kier molecular flexibility index (Phi) is 8.02. The number of carbonyl (C=O) groups excluding carboxylic acids is 3. The maximum atomic E-state index is 12.3. The maximum Gasteiger partial charge on any atom is 0.308 e. The van der Waals surface area contributed by atoms with Gasteiger partial charge in [-0.2, -0.15) is 0 Å². The number of rotatable bonds is 9. The van der Waals surface area contributed by atoms with Crippen molar-refractivity contribution < 1.29 is 23.9 Å². The Balaban J connectivity index is 1.77. The van der Waals surface area contributed by atoms with Crippen molar-refractivity contribution >= 4 is 29.3 Å². The third-order valence-corrected chi connectivity index (χ3v) is 4.10. The summed E-state index contributed by atoms with van der Waals surface area (Å²) in [5, 5.41) is 3.15. The average Bonchev–Trinajstić information content (AvgIpc) is 2.68. The van der Waals surface area contributed by atoms with Gasteiger partial charge in [0.15, 0.2) is 6.10 Å². The van der Waals surface area contributed by atoms with Crippen molar-refractivity contribution in [3.63, 3.8) is 0 Å². The Morgan fingerprint density at radius 1 is 1.00 bits per heavy atom. The second kappa shape index (κ2) is 10.5. The van der Waals surface area contributed by atoms with Gasteiger partial charge in [0.2, 0.25) is 5.78 Å². The van der Waals surface area contributed by atoms with Crippen LogP contribution in [-0.2, 0) is 9.53 Å². The van der Waals surface area contributed by atoms with Gasteiger partial charge < -0.3 is 14.8 Å². The number of halogens is 1. The van der Waals surface area contributed by atoms with Gasteiger partial charge in [-0.05, 0) is 62.4 Å². The summed E-state index contributed by atoms with van der Waals surface area (Å²) >= 11 is 5.78. The first kappa shape index (κ1) is 21.4. The molecule has 0 saturated carbocycles. The number of nitrogens with one attached hydrogen (secondary N) is 1. The molecular formula is C21H22ClNO5. The number of Topliss-reactive ketones (excluding diaryl/α,β-unsaturated/α-hetero) is 1. The number of benzene rings is 2. The summed E-state index contributed by atoms with van der Waals surface area (Å²) in [7, 11) is 0. The minimum atomic E-state index is -0.919. The molecule has 0 spiro atoms. The molecule has 0 aliphatic heterocycles. The van der Waals surface area contributed by atoms with E-state index in [0.717, 1.165) is 0 Å². The minimum Gasteiger partial charge on any atom is -0.494 e. The normalized spacial score (nSPS) is 11.4. The Hall–Kier alpha value is -2.86. The van der Waals surface area contributed by atoms with Crippen molar-refractivity contribution in [2.24, 2.45) is 0 Å². The van der Waals surface area contributed by atoms with Gasteiger partial charge in [0.1, 0.15) is 5.75 Å². The first-order chi connectivity index (χ1) is 13.4. The van der Waals surface area contributed by atoms with E-state index in [0.29, 0.717) is 28.5 Å². The van der Waals surface area contributed by atoms with Gasteiger partial charge in [0, 0.05) is 22.7 Å². The van der Waals surface area contributed by atoms with Gasteiger partial charge in [-0.3, -0.25) is 14.4 Å². The highest BCUT2D eigenvalue weighted by atomic mass is 35.5. The Morgan fingerprint density at radius 3 is 2.21 bits per heavy atom. The number of amides is 1. The molecule has 2 aromatic rings. The topological polar surface area (TPSA) is 81.7 Å². The quantitative estimate of drug-likeness (QED) is 0.510. The number of hydrogen-bond donors (Lipinski definition) is 1. The number of hydrogen-bond acceptors (Lipinski definition) is 5. The van der Waals surface area contributed by atoms with E-state index in [1.807, 2.05) is 6.92 Å². The number of ketones is 1. The molecule has 1 amide bonds. The molecule has 0 fully saturated rings. The first-order valence-electron chi connectivity index (χ1n) is 8.91. The van der Waals surface area contributed by atoms with Crippen LogP contribution < -0.4 is 10.1 Å². The molecule has 1 N–H and O–H groups in total. The van der Waals surface area contributed by atoms with E-state index in [2.05, 4.69) is 5.32 Å². The summed E-state index contributed by atoms with van der Waals surface area (Å²) in [6.07, 6.45) is -0.961. The van der Waals surface area contributed by atoms with Crippen molar-refractivity contribution in [1.82, 2.24) is 5.32 Å². The Morgan fingerprint density at radius 2 is 1.61 bits per heavy atom. The predicted molar refractivity (Wildman–Crippen MR) is 106 cm³/mol. The molecule has 0 radical (unpaired) electrons. The largest absolute Gasteiger partial charge is 0.494 e. The van der Waals surface area contributed by atoms with Crippen molar-refractivity contribution in [2.75, 3.05) is 13.2 Å². The predicted octanol–water partition coefficient (Wildman–Crippen LogP) is 3.67. The molecular weight excluding hydrogens is 382 g/mol. The van der Waals surface area contributed by atoms with Gasteiger partial charge in [-0.15, -0.1) is 0 Å². The lowest BCUT2D eigenvalue weighted by Gasteiger charge is -2.13. The SMILES string of the molecule is CCOc1ccc(C(=O)[C@H](C)OC(=O)CCNC(=O)c2ccc(Cl)cc2)cc1. The first-order valence-corrected chi connectivity index (χ1v) is 9.28. The third-order valence-electron chi connectivity index (χ3n) is 3.85. The molecule has 0 aliphatic carbocycles. The highest BCUT2D eigenvalue weighted by Gasteiger charge is 2.19. The summed E-state index contributed by atoms with van der Waals surface area (Å²) in [6, 6.07) is 13.0. The smallest absolute Gasteiger partial charge is 0.308 e. The highest BCUT2D eigenvalue weighted by Crippen LogP contribution is 2.14. The van der Waals surface area contributed by atoms with E-state index < -0.39 is 12.1 Å². The molecule has 6 nitrogen and oxygen atoms in total. The molecule has 0 bridgehead atoms. The zero-order chi connectivity index (χ0) is 20.5. The van der Waals surface area contributed by atoms with E-state index >= 15 is 0 Å². The zero-order valence-electron chi connectivity index (χ0n) is 15.7. The third kappa shape index (κ3) is 6.39. The summed E-state index contributed by atoms with van der Waals surface area (Å²) in [5.74, 6) is -0.520. The van der Waals surface area contributed by atoms with Crippen LogP contribution in [0.25, 0.3) is 0 Å². The van der Waals surface area contributed by atoms with Gasteiger partial charge in [0.05, 0.1) is 13.0 Å². The van der Waals surface area contributed by atoms with Gasteiger partial charge >= 0.3 is 5.97 Å². The van der Waals surface area contributed by atoms with Crippen LogP contribution in [0.15, 0.2) is 48.5 Å². The highest BCUT2D eigenvalue weighted by molar-refractivity contribution is 6.30. The Labute approximate surface area is 168 Å². The van der Waals surface area contributed by atoms with Crippen molar-refractivity contribution in [3.05, 3.63) is 64.7 Å². The van der Waals surface area contributed by atoms with Crippen LogP contribution in [0.2, 0.25) is 5.02 Å². The van der Waals surface area contributed by atoms with E-state index in [1.54, 1.807) is 48.5 Å². The molecule has 0 aromatic heterocycles. The lowest BCUT2D eigenvalue weighted by atomic mass is 10.1. The lowest BCUT2D eigenvalue weighted by molar-refractivity contribution is -0.146. The molecule has 7 heteroatoms. The average molecular weight is 404 g/mol. The fourth-order valence-electron chi connectivity index (χ4n) is 2.41. The van der Waals surface area contributed by atoms with Crippen LogP contribution in [0, 0.1) is 0 Å². The van der Waals surface area contributed by atoms with Crippen LogP contribution in [0.1, 0.15) is 41.0 Å².